The standard InChI is InChI=1S/C32H37N3O5S/c1-23(2)21-33-31(37)28(20-25-12-5-4-6-13-25)34(22-26-14-9-11-24(3)19-26)30(36)17-10-18-35-32(38)27-15-7-8-16-29(27)41(35,39)40/h4-9,11-16,19,23,28H,10,17-18,20-22H2,1-3H3,(H,33,37)/t28-/m0/s1. The first-order chi connectivity index (χ1) is 19.6. The minimum Gasteiger partial charge on any atom is -0.354 e. The summed E-state index contributed by atoms with van der Waals surface area (Å²) < 4.78 is 26.8. The number of fused-ring (bicyclic) bond motifs is 1. The fraction of sp³-hybridized carbons (Fsp3) is 0.344. The topological polar surface area (TPSA) is 104 Å². The Morgan fingerprint density at radius 3 is 2.29 bits per heavy atom. The van der Waals surface area contributed by atoms with Crippen LogP contribution in [0, 0.1) is 12.8 Å². The van der Waals surface area contributed by atoms with Gasteiger partial charge in [-0.1, -0.05) is 86.1 Å². The molecule has 3 aromatic rings. The molecule has 0 radical (unpaired) electrons. The number of sulfonamides is 1. The molecule has 3 amide bonds. The monoisotopic (exact) mass is 575 g/mol. The zero-order valence-electron chi connectivity index (χ0n) is 23.7. The maximum Gasteiger partial charge on any atom is 0.269 e. The lowest BCUT2D eigenvalue weighted by Gasteiger charge is -2.32. The van der Waals surface area contributed by atoms with Gasteiger partial charge in [-0.05, 0) is 42.5 Å². The maximum absolute atomic E-state index is 13.8. The van der Waals surface area contributed by atoms with E-state index in [-0.39, 0.29) is 54.1 Å². The van der Waals surface area contributed by atoms with Crippen LogP contribution in [0.2, 0.25) is 0 Å². The van der Waals surface area contributed by atoms with Gasteiger partial charge in [-0.15, -0.1) is 0 Å². The van der Waals surface area contributed by atoms with Crippen molar-refractivity contribution in [2.45, 2.75) is 57.5 Å². The Morgan fingerprint density at radius 2 is 1.61 bits per heavy atom. The molecule has 8 nitrogen and oxygen atoms in total. The van der Waals surface area contributed by atoms with Crippen molar-refractivity contribution >= 4 is 27.7 Å². The third-order valence-electron chi connectivity index (χ3n) is 7.05. The Balaban J connectivity index is 1.56. The van der Waals surface area contributed by atoms with Crippen molar-refractivity contribution in [3.05, 3.63) is 101 Å². The first-order valence-corrected chi connectivity index (χ1v) is 15.3. The number of rotatable bonds is 12. The lowest BCUT2D eigenvalue weighted by atomic mass is 10.0. The molecule has 0 bridgehead atoms. The fourth-order valence-electron chi connectivity index (χ4n) is 4.95. The summed E-state index contributed by atoms with van der Waals surface area (Å²) in [6.07, 6.45) is 0.439. The van der Waals surface area contributed by atoms with Crippen LogP contribution in [0.4, 0.5) is 0 Å². The van der Waals surface area contributed by atoms with Crippen LogP contribution in [0.15, 0.2) is 83.8 Å². The van der Waals surface area contributed by atoms with Gasteiger partial charge >= 0.3 is 0 Å². The molecule has 0 fully saturated rings. The highest BCUT2D eigenvalue weighted by Crippen LogP contribution is 2.30. The van der Waals surface area contributed by atoms with Crippen molar-refractivity contribution in [1.29, 1.82) is 0 Å². The highest BCUT2D eigenvalue weighted by Gasteiger charge is 2.40. The van der Waals surface area contributed by atoms with Gasteiger partial charge in [0.1, 0.15) is 10.9 Å². The summed E-state index contributed by atoms with van der Waals surface area (Å²) in [7, 11) is -3.96. The molecule has 1 aliphatic rings. The van der Waals surface area contributed by atoms with E-state index in [2.05, 4.69) is 5.32 Å². The number of amides is 3. The Bertz CT molecular complexity index is 1500. The second-order valence-electron chi connectivity index (χ2n) is 10.8. The highest BCUT2D eigenvalue weighted by atomic mass is 32.2. The smallest absolute Gasteiger partial charge is 0.269 e. The molecule has 1 N–H and O–H groups in total. The minimum atomic E-state index is -3.96. The molecule has 1 aliphatic heterocycles. The van der Waals surface area contributed by atoms with E-state index in [1.54, 1.807) is 17.0 Å². The number of nitrogens with one attached hydrogen (secondary N) is 1. The lowest BCUT2D eigenvalue weighted by Crippen LogP contribution is -2.51. The summed E-state index contributed by atoms with van der Waals surface area (Å²) in [6.45, 7) is 6.56. The molecule has 216 valence electrons. The number of carbonyl (C=O) groups excluding carboxylic acids is 3. The Morgan fingerprint density at radius 1 is 0.927 bits per heavy atom. The van der Waals surface area contributed by atoms with Crippen molar-refractivity contribution in [2.75, 3.05) is 13.1 Å². The van der Waals surface area contributed by atoms with Crippen LogP contribution in [0.1, 0.15) is 53.7 Å². The molecular formula is C32H37N3O5S. The van der Waals surface area contributed by atoms with Crippen molar-refractivity contribution in [3.63, 3.8) is 0 Å². The number of benzene rings is 3. The third kappa shape index (κ3) is 7.21. The molecule has 0 aromatic heterocycles. The van der Waals surface area contributed by atoms with E-state index in [4.69, 9.17) is 0 Å². The van der Waals surface area contributed by atoms with E-state index in [9.17, 15) is 22.8 Å². The molecule has 0 aliphatic carbocycles. The molecule has 0 saturated heterocycles. The SMILES string of the molecule is Cc1cccc(CN(C(=O)CCCN2C(=O)c3ccccc3S2(=O)=O)[C@@H](Cc2ccccc2)C(=O)NCC(C)C)c1. The van der Waals surface area contributed by atoms with Gasteiger partial charge in [0.15, 0.2) is 0 Å². The zero-order chi connectivity index (χ0) is 29.6. The molecule has 4 rings (SSSR count). The van der Waals surface area contributed by atoms with Crippen LogP contribution in [0.25, 0.3) is 0 Å². The van der Waals surface area contributed by atoms with Gasteiger partial charge < -0.3 is 10.2 Å². The normalized spacial score (nSPS) is 14.5. The summed E-state index contributed by atoms with van der Waals surface area (Å²) in [5.41, 5.74) is 2.99. The van der Waals surface area contributed by atoms with Crippen LogP contribution in [0.3, 0.4) is 0 Å². The first kappa shape index (κ1) is 30.0. The van der Waals surface area contributed by atoms with Gasteiger partial charge in [0, 0.05) is 32.5 Å². The highest BCUT2D eigenvalue weighted by molar-refractivity contribution is 7.90. The zero-order valence-corrected chi connectivity index (χ0v) is 24.6. The van der Waals surface area contributed by atoms with Crippen molar-refractivity contribution in [3.8, 4) is 0 Å². The van der Waals surface area contributed by atoms with Crippen LogP contribution in [-0.2, 0) is 32.6 Å². The molecule has 0 spiro atoms. The number of aryl methyl sites for hydroxylation is 1. The summed E-state index contributed by atoms with van der Waals surface area (Å²) in [6, 6.07) is 22.7. The van der Waals surface area contributed by atoms with Gasteiger partial charge in [0.05, 0.1) is 5.56 Å². The van der Waals surface area contributed by atoms with Crippen molar-refractivity contribution in [2.24, 2.45) is 5.92 Å². The predicted octanol–water partition coefficient (Wildman–Crippen LogP) is 4.33. The van der Waals surface area contributed by atoms with E-state index in [1.807, 2.05) is 75.4 Å². The van der Waals surface area contributed by atoms with E-state index >= 15 is 0 Å². The van der Waals surface area contributed by atoms with Crippen molar-refractivity contribution < 1.29 is 22.8 Å². The van der Waals surface area contributed by atoms with Gasteiger partial charge in [-0.25, -0.2) is 12.7 Å². The van der Waals surface area contributed by atoms with Crippen LogP contribution in [0.5, 0.6) is 0 Å². The van der Waals surface area contributed by atoms with E-state index < -0.39 is 22.0 Å². The average molecular weight is 576 g/mol. The van der Waals surface area contributed by atoms with Crippen LogP contribution in [-0.4, -0.2) is 54.5 Å². The average Bonchev–Trinajstić information content (AvgIpc) is 3.14. The fourth-order valence-corrected chi connectivity index (χ4v) is 6.56. The number of carbonyl (C=O) groups is 3. The quantitative estimate of drug-likeness (QED) is 0.346. The third-order valence-corrected chi connectivity index (χ3v) is 8.90. The molecule has 0 unspecified atom stereocenters. The molecular weight excluding hydrogens is 538 g/mol. The molecule has 1 atom stereocenters. The first-order valence-electron chi connectivity index (χ1n) is 13.9. The van der Waals surface area contributed by atoms with Crippen molar-refractivity contribution in [1.82, 2.24) is 14.5 Å². The van der Waals surface area contributed by atoms with Gasteiger partial charge in [0.25, 0.3) is 15.9 Å². The predicted molar refractivity (Wildman–Crippen MR) is 157 cm³/mol. The Kier molecular flexibility index (Phi) is 9.60. The van der Waals surface area contributed by atoms with Gasteiger partial charge in [-0.2, -0.15) is 0 Å². The van der Waals surface area contributed by atoms with E-state index in [0.29, 0.717) is 13.0 Å². The summed E-state index contributed by atoms with van der Waals surface area (Å²) in [4.78, 5) is 41.8. The maximum atomic E-state index is 13.8. The second-order valence-corrected chi connectivity index (χ2v) is 12.7. The number of hydrogen-bond donors (Lipinski definition) is 1. The largest absolute Gasteiger partial charge is 0.354 e. The Hall–Kier alpha value is -3.98. The minimum absolute atomic E-state index is 0.0119. The molecule has 9 heteroatoms. The van der Waals surface area contributed by atoms with E-state index in [0.717, 1.165) is 21.0 Å². The molecule has 0 saturated carbocycles. The second kappa shape index (κ2) is 13.1. The lowest BCUT2D eigenvalue weighted by molar-refractivity contribution is -0.141. The Labute approximate surface area is 242 Å². The number of nitrogens with zero attached hydrogens (tertiary/aromatic N) is 2. The summed E-state index contributed by atoms with van der Waals surface area (Å²) in [5.74, 6) is -0.869. The molecule has 1 heterocycles. The van der Waals surface area contributed by atoms with Crippen LogP contribution >= 0.6 is 0 Å². The van der Waals surface area contributed by atoms with Crippen LogP contribution < -0.4 is 5.32 Å². The molecule has 41 heavy (non-hydrogen) atoms. The number of hydrogen-bond acceptors (Lipinski definition) is 5. The molecule has 3 aromatic carbocycles. The van der Waals surface area contributed by atoms with E-state index in [1.165, 1.54) is 12.1 Å². The van der Waals surface area contributed by atoms with Gasteiger partial charge in [-0.3, -0.25) is 14.4 Å². The summed E-state index contributed by atoms with van der Waals surface area (Å²) in [5, 5.41) is 3.00. The summed E-state index contributed by atoms with van der Waals surface area (Å²) >= 11 is 0. The van der Waals surface area contributed by atoms with Gasteiger partial charge in [0.2, 0.25) is 11.8 Å².